The molecule has 0 saturated carbocycles. The Kier molecular flexibility index (Phi) is 1.68. The highest BCUT2D eigenvalue weighted by molar-refractivity contribution is 6.32. The molecule has 0 amide bonds. The fraction of sp³-hybridized carbons (Fsp3) is 0.400. The summed E-state index contributed by atoms with van der Waals surface area (Å²) in [6.45, 7) is 1.72. The van der Waals surface area contributed by atoms with E-state index in [4.69, 9.17) is 23.2 Å². The van der Waals surface area contributed by atoms with Crippen LogP contribution in [0.3, 0.4) is 0 Å². The number of nitrogens with one attached hydrogen (secondary N) is 1. The van der Waals surface area contributed by atoms with Gasteiger partial charge in [0.25, 0.3) is 0 Å². The molecule has 1 rings (SSSR count). The Morgan fingerprint density at radius 2 is 2.44 bits per heavy atom. The average Bonchev–Trinajstić information content (AvgIpc) is 1.60. The molecule has 0 aliphatic carbocycles. The quantitative estimate of drug-likeness (QED) is 0.428. The lowest BCUT2D eigenvalue weighted by molar-refractivity contribution is 0.587. The number of nitrogens with zero attached hydrogens (tertiary/aromatic N) is 1. The third kappa shape index (κ3) is 1.88. The van der Waals surface area contributed by atoms with Crippen molar-refractivity contribution in [2.24, 2.45) is 4.99 Å². The Bertz CT molecular complexity index is 172. The van der Waals surface area contributed by atoms with Gasteiger partial charge in [0.1, 0.15) is 5.16 Å². The molecular formula is C5H6Cl2N2. The second kappa shape index (κ2) is 2.20. The van der Waals surface area contributed by atoms with Crippen molar-refractivity contribution in [1.82, 2.24) is 5.32 Å². The summed E-state index contributed by atoms with van der Waals surface area (Å²) in [7, 11) is 0. The molecule has 4 heteroatoms. The van der Waals surface area contributed by atoms with E-state index in [0.717, 1.165) is 0 Å². The van der Waals surface area contributed by atoms with E-state index in [0.29, 0.717) is 5.16 Å². The van der Waals surface area contributed by atoms with E-state index in [2.05, 4.69) is 10.3 Å². The Hall–Kier alpha value is -0.210. The predicted octanol–water partition coefficient (Wildman–Crippen LogP) is 1.65. The smallest absolute Gasteiger partial charge is 0.203 e. The summed E-state index contributed by atoms with van der Waals surface area (Å²) in [5.41, 5.74) is 0. The molecule has 0 aromatic heterocycles. The van der Waals surface area contributed by atoms with Gasteiger partial charge in [-0.15, -0.1) is 0 Å². The van der Waals surface area contributed by atoms with Gasteiger partial charge < -0.3 is 5.32 Å². The molecule has 1 aliphatic rings. The van der Waals surface area contributed by atoms with Crippen molar-refractivity contribution in [2.75, 3.05) is 0 Å². The minimum absolute atomic E-state index is 0.516. The van der Waals surface area contributed by atoms with E-state index in [9.17, 15) is 0 Å². The van der Waals surface area contributed by atoms with E-state index in [-0.39, 0.29) is 0 Å². The standard InChI is InChI=1S/C5H6Cl2N2/c1-5(7)8-3-2-4(6)9-5/h2-3,9H,1H3/t5-/m0/s1. The highest BCUT2D eigenvalue weighted by Gasteiger charge is 2.19. The van der Waals surface area contributed by atoms with Crippen LogP contribution in [0.4, 0.5) is 0 Å². The second-order valence-electron chi connectivity index (χ2n) is 1.87. The fourth-order valence-electron chi connectivity index (χ4n) is 0.535. The average molecular weight is 165 g/mol. The van der Waals surface area contributed by atoms with Gasteiger partial charge in [0.15, 0.2) is 0 Å². The first-order chi connectivity index (χ1) is 4.10. The molecule has 1 heterocycles. The topological polar surface area (TPSA) is 24.4 Å². The minimum Gasteiger partial charge on any atom is -0.340 e. The third-order valence-electron chi connectivity index (χ3n) is 0.885. The molecular weight excluding hydrogens is 159 g/mol. The number of rotatable bonds is 0. The van der Waals surface area contributed by atoms with Crippen molar-refractivity contribution in [3.8, 4) is 0 Å². The maximum absolute atomic E-state index is 5.73. The highest BCUT2D eigenvalue weighted by Crippen LogP contribution is 2.17. The molecule has 1 N–H and O–H groups in total. The molecule has 0 radical (unpaired) electrons. The maximum atomic E-state index is 5.73. The summed E-state index contributed by atoms with van der Waals surface area (Å²) in [6, 6.07) is 0. The van der Waals surface area contributed by atoms with Crippen molar-refractivity contribution in [2.45, 2.75) is 12.0 Å². The van der Waals surface area contributed by atoms with Crippen LogP contribution >= 0.6 is 23.2 Å². The molecule has 2 nitrogen and oxygen atoms in total. The molecule has 50 valence electrons. The zero-order valence-electron chi connectivity index (χ0n) is 4.86. The summed E-state index contributed by atoms with van der Waals surface area (Å²) in [5.74, 6) is 0. The Morgan fingerprint density at radius 1 is 1.78 bits per heavy atom. The number of aliphatic imine (C=N–C) groups is 1. The normalized spacial score (nSPS) is 33.4. The molecule has 0 fully saturated rings. The summed E-state index contributed by atoms with van der Waals surface area (Å²) < 4.78 is 0. The van der Waals surface area contributed by atoms with E-state index in [1.807, 2.05) is 0 Å². The van der Waals surface area contributed by atoms with Crippen molar-refractivity contribution in [3.05, 3.63) is 11.2 Å². The first-order valence-electron chi connectivity index (χ1n) is 2.48. The first-order valence-corrected chi connectivity index (χ1v) is 3.24. The van der Waals surface area contributed by atoms with Crippen LogP contribution in [0.1, 0.15) is 6.92 Å². The number of allylic oxidation sites excluding steroid dienone is 1. The van der Waals surface area contributed by atoms with Crippen LogP contribution < -0.4 is 5.32 Å². The van der Waals surface area contributed by atoms with E-state index >= 15 is 0 Å². The second-order valence-corrected chi connectivity index (χ2v) is 3.01. The molecule has 1 atom stereocenters. The molecule has 0 bridgehead atoms. The van der Waals surface area contributed by atoms with Gasteiger partial charge in [-0.25, -0.2) is 0 Å². The van der Waals surface area contributed by atoms with E-state index < -0.39 is 5.12 Å². The first kappa shape index (κ1) is 6.90. The Labute approximate surface area is 63.6 Å². The predicted molar refractivity (Wildman–Crippen MR) is 39.8 cm³/mol. The highest BCUT2D eigenvalue weighted by atomic mass is 35.5. The van der Waals surface area contributed by atoms with Gasteiger partial charge in [0.05, 0.1) is 0 Å². The number of hydrogen-bond donors (Lipinski definition) is 1. The van der Waals surface area contributed by atoms with Gasteiger partial charge in [-0.2, -0.15) is 0 Å². The Balaban J connectivity index is 2.73. The maximum Gasteiger partial charge on any atom is 0.203 e. The zero-order valence-corrected chi connectivity index (χ0v) is 6.37. The van der Waals surface area contributed by atoms with Crippen molar-refractivity contribution >= 4 is 29.4 Å². The van der Waals surface area contributed by atoms with Crippen LogP contribution in [0, 0.1) is 0 Å². The largest absolute Gasteiger partial charge is 0.340 e. The molecule has 9 heavy (non-hydrogen) atoms. The summed E-state index contributed by atoms with van der Waals surface area (Å²) in [4.78, 5) is 3.88. The Morgan fingerprint density at radius 3 is 2.78 bits per heavy atom. The van der Waals surface area contributed by atoms with Crippen LogP contribution in [-0.2, 0) is 0 Å². The molecule has 0 aromatic carbocycles. The van der Waals surface area contributed by atoms with E-state index in [1.165, 1.54) is 0 Å². The number of alkyl halides is 1. The summed E-state index contributed by atoms with van der Waals surface area (Å²) in [5, 5.41) is 2.51. The van der Waals surface area contributed by atoms with Gasteiger partial charge in [0, 0.05) is 6.21 Å². The van der Waals surface area contributed by atoms with Gasteiger partial charge >= 0.3 is 0 Å². The fourth-order valence-corrected chi connectivity index (χ4v) is 0.981. The van der Waals surface area contributed by atoms with Crippen LogP contribution in [0.2, 0.25) is 0 Å². The lowest BCUT2D eigenvalue weighted by Crippen LogP contribution is -2.34. The van der Waals surface area contributed by atoms with Gasteiger partial charge in [0.2, 0.25) is 5.12 Å². The van der Waals surface area contributed by atoms with E-state index in [1.54, 1.807) is 19.2 Å². The summed E-state index contributed by atoms with van der Waals surface area (Å²) >= 11 is 11.3. The van der Waals surface area contributed by atoms with Crippen LogP contribution in [0.25, 0.3) is 0 Å². The van der Waals surface area contributed by atoms with Crippen molar-refractivity contribution in [1.29, 1.82) is 0 Å². The van der Waals surface area contributed by atoms with Crippen molar-refractivity contribution in [3.63, 3.8) is 0 Å². The molecule has 0 spiro atoms. The SMILES string of the molecule is C[C@]1(Cl)N=CC=C(Cl)N1. The van der Waals surface area contributed by atoms with Gasteiger partial charge in [-0.05, 0) is 13.0 Å². The minimum atomic E-state index is -0.758. The zero-order chi connectivity index (χ0) is 6.91. The molecule has 0 saturated heterocycles. The lowest BCUT2D eigenvalue weighted by atomic mass is 10.5. The van der Waals surface area contributed by atoms with Gasteiger partial charge in [-0.1, -0.05) is 23.2 Å². The van der Waals surface area contributed by atoms with Crippen LogP contribution in [0.15, 0.2) is 16.2 Å². The van der Waals surface area contributed by atoms with Crippen LogP contribution in [-0.4, -0.2) is 11.3 Å². The molecule has 1 aliphatic heterocycles. The number of hydrogen-bond acceptors (Lipinski definition) is 2. The monoisotopic (exact) mass is 164 g/mol. The number of halogens is 2. The van der Waals surface area contributed by atoms with Gasteiger partial charge in [-0.3, -0.25) is 4.99 Å². The third-order valence-corrected chi connectivity index (χ3v) is 1.30. The lowest BCUT2D eigenvalue weighted by Gasteiger charge is -2.21. The molecule has 0 aromatic rings. The molecule has 0 unspecified atom stereocenters. The summed E-state index contributed by atoms with van der Waals surface area (Å²) in [6.07, 6.45) is 3.22. The van der Waals surface area contributed by atoms with Crippen LogP contribution in [0.5, 0.6) is 0 Å². The van der Waals surface area contributed by atoms with Crippen molar-refractivity contribution < 1.29 is 0 Å².